The van der Waals surface area contributed by atoms with Crippen LogP contribution in [-0.2, 0) is 5.54 Å². The van der Waals surface area contributed by atoms with Crippen molar-refractivity contribution in [3.05, 3.63) is 59.4 Å². The van der Waals surface area contributed by atoms with Gasteiger partial charge in [0.25, 0.3) is 0 Å². The van der Waals surface area contributed by atoms with Crippen LogP contribution in [0, 0.1) is 0 Å². The molecule has 0 amide bonds. The number of nitrogens with zero attached hydrogens (tertiary/aromatic N) is 1. The molecule has 0 radical (unpaired) electrons. The van der Waals surface area contributed by atoms with E-state index in [0.717, 1.165) is 11.1 Å². The average Bonchev–Trinajstić information content (AvgIpc) is 2.72. The van der Waals surface area contributed by atoms with Gasteiger partial charge in [-0.2, -0.15) is 0 Å². The van der Waals surface area contributed by atoms with E-state index in [9.17, 15) is 0 Å². The molecule has 0 bridgehead atoms. The average molecular weight is 269 g/mol. The molecule has 20 heavy (non-hydrogen) atoms. The van der Waals surface area contributed by atoms with Crippen molar-refractivity contribution in [2.24, 2.45) is 11.5 Å². The fraction of sp³-hybridized carbons (Fsp3) is 0.312. The van der Waals surface area contributed by atoms with Crippen LogP contribution >= 0.6 is 0 Å². The van der Waals surface area contributed by atoms with Crippen LogP contribution in [0.1, 0.15) is 36.5 Å². The molecular weight excluding hydrogens is 250 g/mol. The molecule has 4 N–H and O–H groups in total. The van der Waals surface area contributed by atoms with Crippen molar-refractivity contribution in [3.63, 3.8) is 0 Å². The highest BCUT2D eigenvalue weighted by Crippen LogP contribution is 2.42. The molecular formula is C16H19N3O. The fourth-order valence-electron chi connectivity index (χ4n) is 2.67. The third-order valence-electron chi connectivity index (χ3n) is 3.96. The topological polar surface area (TPSA) is 74.2 Å². The minimum Gasteiger partial charge on any atom is -0.471 e. The fourth-order valence-corrected chi connectivity index (χ4v) is 2.67. The van der Waals surface area contributed by atoms with Crippen molar-refractivity contribution < 1.29 is 4.74 Å². The van der Waals surface area contributed by atoms with E-state index in [1.807, 2.05) is 18.2 Å². The summed E-state index contributed by atoms with van der Waals surface area (Å²) < 4.78 is 5.67. The van der Waals surface area contributed by atoms with Gasteiger partial charge in [0, 0.05) is 11.8 Å². The van der Waals surface area contributed by atoms with Crippen molar-refractivity contribution in [3.8, 4) is 5.75 Å². The van der Waals surface area contributed by atoms with Gasteiger partial charge in [0.2, 0.25) is 0 Å². The van der Waals surface area contributed by atoms with Crippen LogP contribution < -0.4 is 16.2 Å². The van der Waals surface area contributed by atoms with Crippen LogP contribution in [0.2, 0.25) is 0 Å². The van der Waals surface area contributed by atoms with E-state index < -0.39 is 11.8 Å². The van der Waals surface area contributed by atoms with Crippen molar-refractivity contribution in [2.75, 3.05) is 0 Å². The number of fused-ring (bicyclic) bond motifs is 1. The summed E-state index contributed by atoms with van der Waals surface area (Å²) in [5.41, 5.74) is 15.0. The maximum absolute atomic E-state index is 6.63. The molecule has 1 aliphatic heterocycles. The van der Waals surface area contributed by atoms with Crippen LogP contribution in [0.5, 0.6) is 5.75 Å². The van der Waals surface area contributed by atoms with Crippen LogP contribution in [0.3, 0.4) is 0 Å². The standard InChI is InChI=1S/C16H19N3O/c1-10(2)11-4-3-5-12(8-11)16(18)13-6-7-19-9-14(13)20-15(16)17/h3-10,15H,17-18H2,1-2H3. The van der Waals surface area contributed by atoms with E-state index in [0.29, 0.717) is 11.7 Å². The van der Waals surface area contributed by atoms with Crippen LogP contribution in [0.25, 0.3) is 0 Å². The molecule has 104 valence electrons. The third-order valence-corrected chi connectivity index (χ3v) is 3.96. The number of rotatable bonds is 2. The van der Waals surface area contributed by atoms with Crippen molar-refractivity contribution >= 4 is 0 Å². The van der Waals surface area contributed by atoms with Gasteiger partial charge in [0.1, 0.15) is 11.3 Å². The van der Waals surface area contributed by atoms with Crippen LogP contribution in [0.15, 0.2) is 42.7 Å². The van der Waals surface area contributed by atoms with Crippen molar-refractivity contribution in [1.29, 1.82) is 0 Å². The maximum atomic E-state index is 6.63. The second-order valence-corrected chi connectivity index (χ2v) is 5.56. The molecule has 0 saturated carbocycles. The lowest BCUT2D eigenvalue weighted by Crippen LogP contribution is -2.52. The van der Waals surface area contributed by atoms with E-state index in [2.05, 4.69) is 31.0 Å². The summed E-state index contributed by atoms with van der Waals surface area (Å²) >= 11 is 0. The minimum absolute atomic E-state index is 0.439. The summed E-state index contributed by atoms with van der Waals surface area (Å²) in [5, 5.41) is 0. The van der Waals surface area contributed by atoms with Crippen LogP contribution in [0.4, 0.5) is 0 Å². The Kier molecular flexibility index (Phi) is 3.00. The number of aromatic nitrogens is 1. The Morgan fingerprint density at radius 1 is 1.30 bits per heavy atom. The Balaban J connectivity index is 2.15. The second kappa shape index (κ2) is 4.58. The Hall–Kier alpha value is -1.91. The van der Waals surface area contributed by atoms with E-state index in [1.54, 1.807) is 12.4 Å². The Morgan fingerprint density at radius 3 is 2.85 bits per heavy atom. The predicted molar refractivity (Wildman–Crippen MR) is 78.3 cm³/mol. The monoisotopic (exact) mass is 269 g/mol. The van der Waals surface area contributed by atoms with Gasteiger partial charge in [0.15, 0.2) is 6.23 Å². The van der Waals surface area contributed by atoms with Gasteiger partial charge < -0.3 is 10.5 Å². The number of nitrogens with two attached hydrogens (primary N) is 2. The highest BCUT2D eigenvalue weighted by atomic mass is 16.5. The first-order valence-electron chi connectivity index (χ1n) is 6.79. The van der Waals surface area contributed by atoms with E-state index in [4.69, 9.17) is 16.2 Å². The predicted octanol–water partition coefficient (Wildman–Crippen LogP) is 2.08. The zero-order valence-corrected chi connectivity index (χ0v) is 11.7. The van der Waals surface area contributed by atoms with Gasteiger partial charge in [-0.1, -0.05) is 38.1 Å². The molecule has 4 heteroatoms. The van der Waals surface area contributed by atoms with Crippen LogP contribution in [-0.4, -0.2) is 11.2 Å². The van der Waals surface area contributed by atoms with Gasteiger partial charge in [-0.3, -0.25) is 10.7 Å². The maximum Gasteiger partial charge on any atom is 0.174 e. The molecule has 0 aliphatic carbocycles. The molecule has 2 atom stereocenters. The summed E-state index contributed by atoms with van der Waals surface area (Å²) in [6, 6.07) is 10.1. The molecule has 2 aromatic rings. The van der Waals surface area contributed by atoms with Gasteiger partial charge >= 0.3 is 0 Å². The molecule has 2 heterocycles. The lowest BCUT2D eigenvalue weighted by molar-refractivity contribution is 0.177. The Bertz CT molecular complexity index is 641. The highest BCUT2D eigenvalue weighted by molar-refractivity contribution is 5.50. The molecule has 0 saturated heterocycles. The molecule has 4 nitrogen and oxygen atoms in total. The zero-order chi connectivity index (χ0) is 14.3. The first-order valence-corrected chi connectivity index (χ1v) is 6.79. The molecule has 1 aliphatic rings. The second-order valence-electron chi connectivity index (χ2n) is 5.56. The summed E-state index contributed by atoms with van der Waals surface area (Å²) in [7, 11) is 0. The first kappa shape index (κ1) is 13.1. The Morgan fingerprint density at radius 2 is 2.10 bits per heavy atom. The van der Waals surface area contributed by atoms with E-state index in [-0.39, 0.29) is 0 Å². The first-order chi connectivity index (χ1) is 9.53. The lowest BCUT2D eigenvalue weighted by atomic mass is 9.82. The van der Waals surface area contributed by atoms with Gasteiger partial charge in [-0.05, 0) is 23.1 Å². The summed E-state index contributed by atoms with van der Waals surface area (Å²) in [6.07, 6.45) is 2.77. The number of benzene rings is 1. The molecule has 2 unspecified atom stereocenters. The van der Waals surface area contributed by atoms with Crippen molar-refractivity contribution in [1.82, 2.24) is 4.98 Å². The number of hydrogen-bond acceptors (Lipinski definition) is 4. The summed E-state index contributed by atoms with van der Waals surface area (Å²) in [6.45, 7) is 4.32. The number of pyridine rings is 1. The molecule has 0 spiro atoms. The molecule has 0 fully saturated rings. The Labute approximate surface area is 118 Å². The summed E-state index contributed by atoms with van der Waals surface area (Å²) in [4.78, 5) is 4.06. The van der Waals surface area contributed by atoms with Crippen molar-refractivity contribution in [2.45, 2.75) is 31.5 Å². The minimum atomic E-state index is -0.830. The summed E-state index contributed by atoms with van der Waals surface area (Å²) in [5.74, 6) is 1.10. The van der Waals surface area contributed by atoms with Gasteiger partial charge in [-0.25, -0.2) is 0 Å². The molecule has 3 rings (SSSR count). The number of ether oxygens (including phenoxy) is 1. The smallest absolute Gasteiger partial charge is 0.174 e. The molecule has 1 aromatic heterocycles. The largest absolute Gasteiger partial charge is 0.471 e. The third kappa shape index (κ3) is 1.80. The molecule has 1 aromatic carbocycles. The van der Waals surface area contributed by atoms with Gasteiger partial charge in [0.05, 0.1) is 6.20 Å². The SMILES string of the molecule is CC(C)c1cccc(C2(N)c3ccncc3OC2N)c1. The quantitative estimate of drug-likeness (QED) is 0.875. The lowest BCUT2D eigenvalue weighted by Gasteiger charge is -2.29. The van der Waals surface area contributed by atoms with E-state index >= 15 is 0 Å². The van der Waals surface area contributed by atoms with E-state index in [1.165, 1.54) is 5.56 Å². The normalized spacial score (nSPS) is 24.6. The highest BCUT2D eigenvalue weighted by Gasteiger charge is 2.45. The number of hydrogen-bond donors (Lipinski definition) is 2. The zero-order valence-electron chi connectivity index (χ0n) is 11.7. The van der Waals surface area contributed by atoms with Gasteiger partial charge in [-0.15, -0.1) is 0 Å².